The molecule has 0 aliphatic carbocycles. The average molecular weight is 468 g/mol. The van der Waals surface area contributed by atoms with E-state index >= 15 is 0 Å². The molecule has 0 unspecified atom stereocenters. The topological polar surface area (TPSA) is 115 Å². The number of esters is 1. The summed E-state index contributed by atoms with van der Waals surface area (Å²) in [4.78, 5) is 21.4. The van der Waals surface area contributed by atoms with Gasteiger partial charge in [0.2, 0.25) is 26.4 Å². The standard InChI is InChI=1S/C23H23N4O5S/c1-5-32-22(28)18-13-26-21(24-18)19(17-11-14(2)27(29)15(3)12-17)20(16-9-7-6-8-10-16)25-23(26)33(4,30)31/h6-13,29H,5H2,1-4H3/q+1. The van der Waals surface area contributed by atoms with E-state index in [2.05, 4.69) is 9.97 Å². The molecule has 1 aromatic carbocycles. The van der Waals surface area contributed by atoms with E-state index in [1.807, 2.05) is 30.3 Å². The maximum absolute atomic E-state index is 12.7. The number of hydrogen-bond donors (Lipinski definition) is 1. The Morgan fingerprint density at radius 1 is 1.09 bits per heavy atom. The lowest BCUT2D eigenvalue weighted by Gasteiger charge is -2.14. The molecule has 0 saturated carbocycles. The van der Waals surface area contributed by atoms with Crippen LogP contribution in [0.25, 0.3) is 28.0 Å². The zero-order chi connectivity index (χ0) is 23.9. The molecule has 3 heterocycles. The average Bonchev–Trinajstić information content (AvgIpc) is 3.21. The van der Waals surface area contributed by atoms with Crippen molar-refractivity contribution in [2.75, 3.05) is 12.9 Å². The Balaban J connectivity index is 2.19. The van der Waals surface area contributed by atoms with Gasteiger partial charge in [-0.15, -0.1) is 0 Å². The number of pyridine rings is 1. The first kappa shape index (κ1) is 22.4. The van der Waals surface area contributed by atoms with Crippen molar-refractivity contribution in [3.05, 3.63) is 65.7 Å². The molecule has 0 aliphatic rings. The van der Waals surface area contributed by atoms with Crippen molar-refractivity contribution in [2.24, 2.45) is 0 Å². The predicted octanol–water partition coefficient (Wildman–Crippen LogP) is 2.79. The number of nitrogens with zero attached hydrogens (tertiary/aromatic N) is 4. The summed E-state index contributed by atoms with van der Waals surface area (Å²) in [5.41, 5.74) is 3.58. The Hall–Kier alpha value is -3.79. The monoisotopic (exact) mass is 467 g/mol. The Kier molecular flexibility index (Phi) is 5.62. The third-order valence-corrected chi connectivity index (χ3v) is 6.08. The van der Waals surface area contributed by atoms with Crippen LogP contribution in [0.3, 0.4) is 0 Å². The van der Waals surface area contributed by atoms with Crippen molar-refractivity contribution in [2.45, 2.75) is 25.9 Å². The van der Waals surface area contributed by atoms with E-state index < -0.39 is 15.8 Å². The van der Waals surface area contributed by atoms with Gasteiger partial charge in [-0.25, -0.2) is 23.2 Å². The normalized spacial score (nSPS) is 11.6. The fourth-order valence-corrected chi connectivity index (χ4v) is 4.44. The number of carbonyl (C=O) groups excluding carboxylic acids is 1. The molecule has 0 spiro atoms. The lowest BCUT2D eigenvalue weighted by Crippen LogP contribution is -2.37. The zero-order valence-electron chi connectivity index (χ0n) is 18.6. The molecule has 10 heteroatoms. The molecule has 0 aliphatic heterocycles. The molecule has 0 bridgehead atoms. The first-order valence-electron chi connectivity index (χ1n) is 10.2. The minimum atomic E-state index is -3.79. The fraction of sp³-hybridized carbons (Fsp3) is 0.217. The van der Waals surface area contributed by atoms with Gasteiger partial charge in [-0.05, 0) is 6.92 Å². The summed E-state index contributed by atoms with van der Waals surface area (Å²) in [5, 5.41) is 9.96. The van der Waals surface area contributed by atoms with Crippen LogP contribution in [0, 0.1) is 13.8 Å². The van der Waals surface area contributed by atoms with Gasteiger partial charge in [-0.1, -0.05) is 30.3 Å². The summed E-state index contributed by atoms with van der Waals surface area (Å²) in [6, 6.07) is 12.6. The zero-order valence-corrected chi connectivity index (χ0v) is 19.4. The van der Waals surface area contributed by atoms with Gasteiger partial charge in [0.25, 0.3) is 0 Å². The van der Waals surface area contributed by atoms with E-state index in [4.69, 9.17) is 4.74 Å². The number of ether oxygens (including phenoxy) is 1. The van der Waals surface area contributed by atoms with Crippen molar-refractivity contribution in [3.63, 3.8) is 0 Å². The summed E-state index contributed by atoms with van der Waals surface area (Å²) < 4.78 is 32.8. The molecule has 0 radical (unpaired) electrons. The van der Waals surface area contributed by atoms with Crippen LogP contribution in [0.15, 0.2) is 53.8 Å². The van der Waals surface area contributed by atoms with Gasteiger partial charge in [-0.2, -0.15) is 0 Å². The van der Waals surface area contributed by atoms with Gasteiger partial charge >= 0.3 is 5.97 Å². The molecule has 0 atom stereocenters. The van der Waals surface area contributed by atoms with Crippen LogP contribution in [0.5, 0.6) is 0 Å². The number of hydrogen-bond acceptors (Lipinski definition) is 7. The third kappa shape index (κ3) is 4.05. The highest BCUT2D eigenvalue weighted by atomic mass is 32.2. The van der Waals surface area contributed by atoms with Crippen molar-refractivity contribution in [1.29, 1.82) is 0 Å². The SMILES string of the molecule is CCOC(=O)c1cn2c(S(C)(=O)=O)nc(-c3ccccc3)c(-c3cc(C)[n+](O)c(C)c3)c2n1. The number of rotatable bonds is 5. The van der Waals surface area contributed by atoms with Gasteiger partial charge in [0, 0.05) is 54.3 Å². The highest BCUT2D eigenvalue weighted by Crippen LogP contribution is 2.36. The molecule has 4 rings (SSSR count). The van der Waals surface area contributed by atoms with Gasteiger partial charge in [-0.3, -0.25) is 9.61 Å². The number of imidazole rings is 1. The summed E-state index contributed by atoms with van der Waals surface area (Å²) in [6.45, 7) is 5.31. The number of fused-ring (bicyclic) bond motifs is 1. The van der Waals surface area contributed by atoms with E-state index in [9.17, 15) is 18.4 Å². The number of carbonyl (C=O) groups is 1. The Bertz CT molecular complexity index is 1470. The van der Waals surface area contributed by atoms with Gasteiger partial charge in [0.15, 0.2) is 5.69 Å². The van der Waals surface area contributed by atoms with Crippen LogP contribution in [-0.2, 0) is 14.6 Å². The minimum absolute atomic E-state index is 0.0309. The number of benzene rings is 1. The van der Waals surface area contributed by atoms with Crippen LogP contribution >= 0.6 is 0 Å². The summed E-state index contributed by atoms with van der Waals surface area (Å²) in [6.07, 6.45) is 2.38. The highest BCUT2D eigenvalue weighted by molar-refractivity contribution is 7.90. The molecule has 9 nitrogen and oxygen atoms in total. The smallest absolute Gasteiger partial charge is 0.358 e. The third-order valence-electron chi connectivity index (χ3n) is 5.13. The van der Waals surface area contributed by atoms with E-state index in [1.165, 1.54) is 10.6 Å². The number of sulfone groups is 1. The van der Waals surface area contributed by atoms with E-state index in [0.29, 0.717) is 33.8 Å². The van der Waals surface area contributed by atoms with Crippen molar-refractivity contribution in [3.8, 4) is 22.4 Å². The molecule has 0 fully saturated rings. The lowest BCUT2D eigenvalue weighted by molar-refractivity contribution is -0.912. The Morgan fingerprint density at radius 3 is 2.30 bits per heavy atom. The second kappa shape index (κ2) is 8.28. The molecular weight excluding hydrogens is 444 g/mol. The van der Waals surface area contributed by atoms with Crippen LogP contribution in [0.2, 0.25) is 0 Å². The van der Waals surface area contributed by atoms with Gasteiger partial charge in [0.05, 0.1) is 17.9 Å². The van der Waals surface area contributed by atoms with Crippen molar-refractivity contribution >= 4 is 21.5 Å². The second-order valence-corrected chi connectivity index (χ2v) is 9.54. The molecule has 1 N–H and O–H groups in total. The van der Waals surface area contributed by atoms with Crippen molar-refractivity contribution in [1.82, 2.24) is 14.4 Å². The highest BCUT2D eigenvalue weighted by Gasteiger charge is 2.27. The maximum atomic E-state index is 12.7. The molecule has 0 saturated heterocycles. The van der Waals surface area contributed by atoms with E-state index in [-0.39, 0.29) is 23.1 Å². The summed E-state index contributed by atoms with van der Waals surface area (Å²) >= 11 is 0. The molecule has 0 amide bonds. The fourth-order valence-electron chi connectivity index (χ4n) is 3.69. The quantitative estimate of drug-likeness (QED) is 0.208. The van der Waals surface area contributed by atoms with Gasteiger partial charge in [0.1, 0.15) is 5.65 Å². The Labute approximate surface area is 190 Å². The number of aromatic nitrogens is 4. The summed E-state index contributed by atoms with van der Waals surface area (Å²) in [5.74, 6) is -0.665. The summed E-state index contributed by atoms with van der Waals surface area (Å²) in [7, 11) is -3.79. The number of aryl methyl sites for hydroxylation is 2. The molecular formula is C23H23N4O5S+. The van der Waals surface area contributed by atoms with E-state index in [1.54, 1.807) is 32.9 Å². The largest absolute Gasteiger partial charge is 0.461 e. The molecule has 4 aromatic rings. The van der Waals surface area contributed by atoms with Crippen LogP contribution in [0.4, 0.5) is 0 Å². The Morgan fingerprint density at radius 2 is 1.73 bits per heavy atom. The van der Waals surface area contributed by atoms with Crippen LogP contribution in [0.1, 0.15) is 28.8 Å². The van der Waals surface area contributed by atoms with Crippen LogP contribution in [-0.4, -0.2) is 46.8 Å². The molecule has 170 valence electrons. The second-order valence-electron chi connectivity index (χ2n) is 7.63. The van der Waals surface area contributed by atoms with E-state index in [0.717, 1.165) is 11.0 Å². The van der Waals surface area contributed by atoms with Gasteiger partial charge < -0.3 is 4.74 Å². The minimum Gasteiger partial charge on any atom is -0.461 e. The predicted molar refractivity (Wildman–Crippen MR) is 120 cm³/mol. The van der Waals surface area contributed by atoms with Crippen LogP contribution < -0.4 is 4.73 Å². The maximum Gasteiger partial charge on any atom is 0.358 e. The first-order valence-corrected chi connectivity index (χ1v) is 12.1. The molecule has 33 heavy (non-hydrogen) atoms. The first-order chi connectivity index (χ1) is 15.6. The molecule has 3 aromatic heterocycles. The lowest BCUT2D eigenvalue weighted by atomic mass is 9.99. The van der Waals surface area contributed by atoms with Crippen molar-refractivity contribution < 1.29 is 27.9 Å².